The van der Waals surface area contributed by atoms with Crippen LogP contribution >= 0.6 is 11.8 Å². The molecule has 0 bridgehead atoms. The topological polar surface area (TPSA) is 477 Å². The number of morpholine rings is 4. The summed E-state index contributed by atoms with van der Waals surface area (Å²) in [5.74, 6) is 7.62. The maximum atomic E-state index is 10.7. The molecule has 20 rings (SSSR count). The summed E-state index contributed by atoms with van der Waals surface area (Å²) in [5, 5.41) is 22.7. The lowest BCUT2D eigenvalue weighted by Crippen LogP contribution is -2.36. The highest BCUT2D eigenvalue weighted by atomic mass is 32.2. The number of esters is 3. The number of sulfone groups is 4. The highest BCUT2D eigenvalue weighted by Crippen LogP contribution is 2.19. The summed E-state index contributed by atoms with van der Waals surface area (Å²) in [6.45, 7) is 21.7. The van der Waals surface area contributed by atoms with E-state index in [1.807, 2.05) is 0 Å². The van der Waals surface area contributed by atoms with Crippen LogP contribution in [0.1, 0.15) is 315 Å². The first-order chi connectivity index (χ1) is 64.7. The highest BCUT2D eigenvalue weighted by molar-refractivity contribution is 7.99. The van der Waals surface area contributed by atoms with Crippen molar-refractivity contribution in [1.82, 2.24) is 42.5 Å². The molecule has 0 atom stereocenters. The molecule has 134 heavy (non-hydrogen) atoms. The van der Waals surface area contributed by atoms with Gasteiger partial charge in [-0.05, 0) is 192 Å². The molecule has 3 amide bonds. The Bertz CT molecular complexity index is 2940. The van der Waals surface area contributed by atoms with Gasteiger partial charge in [-0.1, -0.05) is 109 Å². The second-order valence-electron chi connectivity index (χ2n) is 34.8. The van der Waals surface area contributed by atoms with Gasteiger partial charge in [-0.25, -0.2) is 33.7 Å². The van der Waals surface area contributed by atoms with E-state index in [2.05, 4.69) is 75.1 Å². The maximum absolute atomic E-state index is 10.7. The molecule has 20 fully saturated rings. The van der Waals surface area contributed by atoms with Crippen molar-refractivity contribution >= 4 is 110 Å². The van der Waals surface area contributed by atoms with E-state index in [1.54, 1.807) is 0 Å². The zero-order valence-electron chi connectivity index (χ0n) is 81.6. The first kappa shape index (κ1) is 127. The normalized spacial score (nSPS) is 23.6. The van der Waals surface area contributed by atoms with Gasteiger partial charge in [0.2, 0.25) is 11.8 Å². The van der Waals surface area contributed by atoms with Crippen molar-refractivity contribution in [2.45, 2.75) is 315 Å². The lowest BCUT2D eigenvalue weighted by atomic mass is 10.00. The van der Waals surface area contributed by atoms with Crippen LogP contribution in [0.3, 0.4) is 0 Å². The summed E-state index contributed by atoms with van der Waals surface area (Å²) in [6, 6.07) is 0. The van der Waals surface area contributed by atoms with Crippen LogP contribution in [-0.4, -0.2) is 308 Å². The van der Waals surface area contributed by atoms with E-state index in [0.29, 0.717) is 142 Å². The molecule has 39 heteroatoms. The minimum Gasteiger partial charge on any atom is -0.487 e. The Morgan fingerprint density at radius 1 is 0.224 bits per heavy atom. The third-order valence-corrected chi connectivity index (χ3v) is 30.2. The Kier molecular flexibility index (Phi) is 84.4. The summed E-state index contributed by atoms with van der Waals surface area (Å²) in [7, 11) is -10.4. The standard InChI is InChI=1S/C6H10O.C6H12.2C5H7NO2.C5H9NO.C5H11N.2C5H10O2S.C5H8O2.C5H10O.C5H8O.C5H10S.C5H10.C4H9NO2S.2C4H7NO2.C4H9NO.C4H8O2S.C4H6O2.C4H8O/c7-6-4-2-1-3-5-6;1-2-4-6-5-3-1;1-4-2-6-5(7)3-8-4;7-4-1-2-5(8)6-3-4;7-5-2-1-3-6-4-5;1-2-4-6-5-3-1;2*6-8(7)4-2-1-3-5-8;6-5-3-1-2-4-7-5;1-2-4-6-5-3-1;6-5-3-1-2-4-5;1-2-4-6-5-3-1;1-2-4-5-3-1;6-8(7)3-1-2-5-4-8;6-4-3-7-2-1-5-4;6-4-3-5-1-2-7-4;1-3-6-4-2-5-1;5-7(6)3-1-2-4-7;5-4-2-1-3-6-4;1-2-4-5-3-1/h1-5H2;1-6H2;1-3H2,(H,6,7);1-3H2,(H,6,8);6H,1-4H2;6H,1-5H2;2*1-5H2;1-4H2;1-5H2;1-4H2;1-5H2;1-5H2;5H,1-4H2;1-3H2,(H,5,6);5H,1-3H2;5H,1-4H2;1-4H2;1-3H2;1-4H2. The fraction of sp³-hybridized carbons (Fsp3) is 0.874. The van der Waals surface area contributed by atoms with Crippen molar-refractivity contribution in [1.29, 1.82) is 0 Å². The van der Waals surface area contributed by atoms with Crippen molar-refractivity contribution in [3.8, 4) is 0 Å². The van der Waals surface area contributed by atoms with Crippen LogP contribution in [0.25, 0.3) is 0 Å². The number of ketones is 4. The Labute approximate surface area is 809 Å². The van der Waals surface area contributed by atoms with Gasteiger partial charge in [0.25, 0.3) is 5.91 Å². The summed E-state index contributed by atoms with van der Waals surface area (Å²) in [4.78, 5) is 103. The SMILES string of the molecule is C1CCCC1.C1CCCCC1.C1CCNCC1.C1CCOC1.C1CCOCC1.C1CCSCC1.C1COCCN1.C=C1CNC(=O)CO1.O=C1CCC(=O)NC1.O=C1CCCC1.O=C1CCCCC1.O=C1CCCCO1.O=C1CCCNC1.O=C1CCCO1.O=C1CNCCO1.O=C1COCCN1.O=S1(=O)CCCC1.O=S1(=O)CCCCC1.O=S1(=O)CCCCC1.O=S1(=O)CCCNC1. The molecular formula is C95H176N8O26S5. The number of piperidine rings is 3. The van der Waals surface area contributed by atoms with E-state index < -0.39 is 39.3 Å². The molecule has 782 valence electrons. The van der Waals surface area contributed by atoms with Crippen molar-refractivity contribution in [3.05, 3.63) is 12.3 Å². The molecule has 16 heterocycles. The molecule has 0 aromatic rings. The van der Waals surface area contributed by atoms with Gasteiger partial charge in [-0.15, -0.1) is 0 Å². The molecule has 0 spiro atoms. The molecular weight excluding hydrogens is 1830 g/mol. The molecule has 16 saturated heterocycles. The first-order valence-electron chi connectivity index (χ1n) is 50.5. The Balaban J connectivity index is 0.000000706. The molecule has 0 aromatic carbocycles. The molecule has 20 aliphatic rings. The lowest BCUT2D eigenvalue weighted by molar-refractivity contribution is -0.147. The first-order valence-corrected chi connectivity index (χ1v) is 59.0. The van der Waals surface area contributed by atoms with E-state index >= 15 is 0 Å². The van der Waals surface area contributed by atoms with Crippen LogP contribution < -0.4 is 42.5 Å². The summed E-state index contributed by atoms with van der Waals surface area (Å²) in [6.07, 6.45) is 55.9. The van der Waals surface area contributed by atoms with E-state index in [-0.39, 0.29) is 67.0 Å². The fourth-order valence-electron chi connectivity index (χ4n) is 14.1. The number of nitrogens with one attached hydrogen (secondary N) is 8. The molecule has 4 saturated carbocycles. The number of rotatable bonds is 0. The monoisotopic (exact) mass is 2010 g/mol. The van der Waals surface area contributed by atoms with Crippen molar-refractivity contribution in [2.75, 3.05) is 215 Å². The van der Waals surface area contributed by atoms with Gasteiger partial charge in [-0.2, -0.15) is 11.8 Å². The molecule has 34 nitrogen and oxygen atoms in total. The number of cyclic esters (lactones) is 3. The van der Waals surface area contributed by atoms with Crippen LogP contribution in [0.15, 0.2) is 12.3 Å². The smallest absolute Gasteiger partial charge is 0.319 e. The van der Waals surface area contributed by atoms with Crippen molar-refractivity contribution in [3.63, 3.8) is 0 Å². The largest absolute Gasteiger partial charge is 0.487 e. The second-order valence-corrected chi connectivity index (χ2v) is 45.2. The number of carbonyl (C=O) groups excluding carboxylic acids is 10. The maximum Gasteiger partial charge on any atom is 0.319 e. The van der Waals surface area contributed by atoms with Crippen LogP contribution in [-0.2, 0) is 125 Å². The molecule has 8 N–H and O–H groups in total. The number of carbonyl (C=O) groups is 10. The Morgan fingerprint density at radius 3 is 0.799 bits per heavy atom. The average molecular weight is 2010 g/mol. The molecule has 16 aliphatic heterocycles. The minimum atomic E-state index is -2.69. The van der Waals surface area contributed by atoms with Gasteiger partial charge in [0, 0.05) is 110 Å². The van der Waals surface area contributed by atoms with Crippen LogP contribution in [0.4, 0.5) is 0 Å². The Morgan fingerprint density at radius 2 is 0.582 bits per heavy atom. The van der Waals surface area contributed by atoms with Gasteiger partial charge in [0.15, 0.2) is 22.2 Å². The van der Waals surface area contributed by atoms with E-state index in [0.717, 1.165) is 214 Å². The zero-order valence-corrected chi connectivity index (χ0v) is 85.6. The van der Waals surface area contributed by atoms with Gasteiger partial charge in [0.1, 0.15) is 65.8 Å². The van der Waals surface area contributed by atoms with Gasteiger partial charge in [-0.3, -0.25) is 47.9 Å². The van der Waals surface area contributed by atoms with Crippen LogP contribution in [0, 0.1) is 0 Å². The number of Topliss-reactive ketones (excluding diaryl/α,β-unsaturated/α-hetero) is 4. The van der Waals surface area contributed by atoms with Gasteiger partial charge >= 0.3 is 17.9 Å². The van der Waals surface area contributed by atoms with Crippen molar-refractivity contribution < 1.29 is 120 Å². The molecule has 4 aliphatic carbocycles. The Hall–Kier alpha value is -5.17. The highest BCUT2D eigenvalue weighted by Gasteiger charge is 2.20. The molecule has 0 unspecified atom stereocenters. The van der Waals surface area contributed by atoms with Crippen LogP contribution in [0.5, 0.6) is 0 Å². The molecule has 0 radical (unpaired) electrons. The third kappa shape index (κ3) is 91.9. The summed E-state index contributed by atoms with van der Waals surface area (Å²) >= 11 is 2.09. The van der Waals surface area contributed by atoms with E-state index in [1.165, 1.54) is 172 Å². The fourth-order valence-corrected chi connectivity index (χ4v) is 20.7. The van der Waals surface area contributed by atoms with Gasteiger partial charge < -0.3 is 80.4 Å². The van der Waals surface area contributed by atoms with Crippen molar-refractivity contribution in [2.24, 2.45) is 0 Å². The van der Waals surface area contributed by atoms with Gasteiger partial charge in [0.05, 0.1) is 105 Å². The minimum absolute atomic E-state index is 0.00810. The zero-order chi connectivity index (χ0) is 98.1. The number of amides is 3. The predicted octanol–water partition coefficient (Wildman–Crippen LogP) is 10.3. The molecule has 0 aromatic heterocycles. The quantitative estimate of drug-likeness (QED) is 0.0825. The number of hydrogen-bond acceptors (Lipinski definition) is 32. The number of ether oxygens (including phenoxy) is 8. The third-order valence-electron chi connectivity index (χ3n) is 22.0. The summed E-state index contributed by atoms with van der Waals surface area (Å²) < 4.78 is 123. The predicted molar refractivity (Wildman–Crippen MR) is 528 cm³/mol. The van der Waals surface area contributed by atoms with E-state index in [4.69, 9.17) is 23.7 Å². The number of hydrogen-bond donors (Lipinski definition) is 8. The number of thioether (sulfide) groups is 1. The second kappa shape index (κ2) is 89.2. The van der Waals surface area contributed by atoms with E-state index in [9.17, 15) is 81.6 Å². The van der Waals surface area contributed by atoms with Crippen LogP contribution in [0.2, 0.25) is 0 Å². The lowest BCUT2D eigenvalue weighted by Gasteiger charge is -2.14. The summed E-state index contributed by atoms with van der Waals surface area (Å²) in [5.41, 5.74) is 0. The average Bonchev–Trinajstić information content (AvgIpc) is 1.74.